The average Bonchev–Trinajstić information content (AvgIpc) is 2.61. The quantitative estimate of drug-likeness (QED) is 0.639. The second-order valence-electron chi connectivity index (χ2n) is 3.98. The zero-order valence-corrected chi connectivity index (χ0v) is 11.9. The van der Waals surface area contributed by atoms with Crippen molar-refractivity contribution in [2.24, 2.45) is 0 Å². The predicted molar refractivity (Wildman–Crippen MR) is 68.9 cm³/mol. The Morgan fingerprint density at radius 1 is 1.42 bits per heavy atom. The molecule has 0 aliphatic rings. The van der Waals surface area contributed by atoms with Gasteiger partial charge in [0, 0.05) is 24.4 Å². The van der Waals surface area contributed by atoms with Crippen LogP contribution in [0.2, 0.25) is 0 Å². The predicted octanol–water partition coefficient (Wildman–Crippen LogP) is 0.645. The largest absolute Gasteiger partial charge is 0.477 e. The highest BCUT2D eigenvalue weighted by atomic mass is 32.2. The van der Waals surface area contributed by atoms with Crippen LogP contribution in [0.5, 0.6) is 0 Å². The minimum atomic E-state index is -3.74. The number of rotatable bonds is 7. The Hall–Kier alpha value is -1.38. The maximum Gasteiger partial charge on any atom is 0.352 e. The summed E-state index contributed by atoms with van der Waals surface area (Å²) in [5, 5.41) is 8.95. The summed E-state index contributed by atoms with van der Waals surface area (Å²) in [5.41, 5.74) is 0.399. The standard InChI is InChI=1S/C11H18N2O5S/c1-4-18-6-5-12-19(16,17)10-7(2)9(11(14)15)13-8(10)3/h12-13H,4-6H2,1-3H3,(H,14,15). The SMILES string of the molecule is CCOCCNS(=O)(=O)c1c(C)[nH]c(C(=O)O)c1C. The van der Waals surface area contributed by atoms with Crippen molar-refractivity contribution in [3.8, 4) is 0 Å². The van der Waals surface area contributed by atoms with Crippen LogP contribution in [0, 0.1) is 13.8 Å². The molecule has 0 amide bonds. The number of hydrogen-bond donors (Lipinski definition) is 3. The number of carboxylic acid groups (broad SMARTS) is 1. The number of aryl methyl sites for hydroxylation is 1. The smallest absolute Gasteiger partial charge is 0.352 e. The van der Waals surface area contributed by atoms with Crippen LogP contribution >= 0.6 is 0 Å². The van der Waals surface area contributed by atoms with Gasteiger partial charge in [-0.2, -0.15) is 0 Å². The fraction of sp³-hybridized carbons (Fsp3) is 0.545. The molecule has 0 aliphatic carbocycles. The second kappa shape index (κ2) is 6.18. The topological polar surface area (TPSA) is 108 Å². The first-order valence-corrected chi connectivity index (χ1v) is 7.29. The minimum Gasteiger partial charge on any atom is -0.477 e. The van der Waals surface area contributed by atoms with E-state index in [0.717, 1.165) is 0 Å². The van der Waals surface area contributed by atoms with Gasteiger partial charge in [-0.3, -0.25) is 0 Å². The summed E-state index contributed by atoms with van der Waals surface area (Å²) in [5.74, 6) is -1.18. The number of aromatic carboxylic acids is 1. The van der Waals surface area contributed by atoms with Crippen LogP contribution in [0.3, 0.4) is 0 Å². The highest BCUT2D eigenvalue weighted by Gasteiger charge is 2.25. The molecule has 0 fully saturated rings. The molecule has 0 aromatic carbocycles. The highest BCUT2D eigenvalue weighted by Crippen LogP contribution is 2.22. The molecule has 0 bridgehead atoms. The molecule has 3 N–H and O–H groups in total. The molecule has 1 rings (SSSR count). The summed E-state index contributed by atoms with van der Waals surface area (Å²) in [6.45, 7) is 5.72. The fourth-order valence-electron chi connectivity index (χ4n) is 1.81. The zero-order chi connectivity index (χ0) is 14.6. The maximum atomic E-state index is 12.1. The molecule has 0 spiro atoms. The lowest BCUT2D eigenvalue weighted by molar-refractivity contribution is 0.0690. The van der Waals surface area contributed by atoms with Gasteiger partial charge in [0.15, 0.2) is 0 Å². The van der Waals surface area contributed by atoms with Crippen molar-refractivity contribution in [3.63, 3.8) is 0 Å². The van der Waals surface area contributed by atoms with E-state index in [-0.39, 0.29) is 29.3 Å². The Kier molecular flexibility index (Phi) is 5.10. The third-order valence-electron chi connectivity index (χ3n) is 2.59. The third kappa shape index (κ3) is 3.55. The number of carbonyl (C=O) groups is 1. The Morgan fingerprint density at radius 3 is 2.53 bits per heavy atom. The van der Waals surface area contributed by atoms with Crippen molar-refractivity contribution in [1.82, 2.24) is 9.71 Å². The van der Waals surface area contributed by atoms with Crippen molar-refractivity contribution in [2.45, 2.75) is 25.7 Å². The molecular formula is C11H18N2O5S. The third-order valence-corrected chi connectivity index (χ3v) is 4.33. The number of hydrogen-bond acceptors (Lipinski definition) is 4. The van der Waals surface area contributed by atoms with E-state index in [1.54, 1.807) is 0 Å². The van der Waals surface area contributed by atoms with Gasteiger partial charge in [0.1, 0.15) is 10.6 Å². The Bertz CT molecular complexity index is 562. The molecule has 0 saturated heterocycles. The highest BCUT2D eigenvalue weighted by molar-refractivity contribution is 7.89. The normalized spacial score (nSPS) is 11.7. The minimum absolute atomic E-state index is 0.0126. The molecule has 0 aliphatic heterocycles. The van der Waals surface area contributed by atoms with Gasteiger partial charge in [0.2, 0.25) is 10.0 Å². The summed E-state index contributed by atoms with van der Waals surface area (Å²) < 4.78 is 31.6. The molecule has 0 saturated carbocycles. The van der Waals surface area contributed by atoms with E-state index in [1.165, 1.54) is 13.8 Å². The molecule has 1 heterocycles. The number of carboxylic acids is 1. The summed E-state index contributed by atoms with van der Waals surface area (Å²) in [4.78, 5) is 13.5. The van der Waals surface area contributed by atoms with Gasteiger partial charge in [-0.15, -0.1) is 0 Å². The Balaban J connectivity index is 2.99. The van der Waals surface area contributed by atoms with E-state index in [9.17, 15) is 13.2 Å². The van der Waals surface area contributed by atoms with Crippen LogP contribution in [-0.2, 0) is 14.8 Å². The first-order valence-electron chi connectivity index (χ1n) is 5.81. The monoisotopic (exact) mass is 290 g/mol. The zero-order valence-electron chi connectivity index (χ0n) is 11.1. The molecule has 0 radical (unpaired) electrons. The number of nitrogens with one attached hydrogen (secondary N) is 2. The molecular weight excluding hydrogens is 272 g/mol. The van der Waals surface area contributed by atoms with E-state index >= 15 is 0 Å². The van der Waals surface area contributed by atoms with Crippen molar-refractivity contribution in [3.05, 3.63) is 17.0 Å². The van der Waals surface area contributed by atoms with Crippen molar-refractivity contribution >= 4 is 16.0 Å². The molecule has 0 unspecified atom stereocenters. The first kappa shape index (κ1) is 15.7. The summed E-state index contributed by atoms with van der Waals surface area (Å²) >= 11 is 0. The van der Waals surface area contributed by atoms with Gasteiger partial charge in [-0.05, 0) is 20.8 Å². The van der Waals surface area contributed by atoms with E-state index < -0.39 is 16.0 Å². The van der Waals surface area contributed by atoms with E-state index in [1.807, 2.05) is 6.92 Å². The number of aromatic amines is 1. The number of H-pyrrole nitrogens is 1. The van der Waals surface area contributed by atoms with Gasteiger partial charge in [0.25, 0.3) is 0 Å². The van der Waals surface area contributed by atoms with Crippen LogP contribution < -0.4 is 4.72 Å². The Labute approximate surface area is 112 Å². The lowest BCUT2D eigenvalue weighted by Gasteiger charge is -2.07. The molecule has 108 valence electrons. The van der Waals surface area contributed by atoms with Crippen LogP contribution in [0.4, 0.5) is 0 Å². The van der Waals surface area contributed by atoms with Crippen molar-refractivity contribution in [1.29, 1.82) is 0 Å². The van der Waals surface area contributed by atoms with Gasteiger partial charge in [-0.1, -0.05) is 0 Å². The van der Waals surface area contributed by atoms with E-state index in [4.69, 9.17) is 9.84 Å². The molecule has 1 aromatic rings. The van der Waals surface area contributed by atoms with Crippen molar-refractivity contribution < 1.29 is 23.1 Å². The molecule has 8 heteroatoms. The summed E-state index contributed by atoms with van der Waals surface area (Å²) in [6, 6.07) is 0. The second-order valence-corrected chi connectivity index (χ2v) is 5.68. The molecule has 7 nitrogen and oxygen atoms in total. The lowest BCUT2D eigenvalue weighted by Crippen LogP contribution is -2.28. The van der Waals surface area contributed by atoms with Crippen LogP contribution in [0.25, 0.3) is 0 Å². The molecule has 19 heavy (non-hydrogen) atoms. The number of aromatic nitrogens is 1. The number of ether oxygens (including phenoxy) is 1. The fourth-order valence-corrected chi connectivity index (χ4v) is 3.27. The molecule has 1 aromatic heterocycles. The average molecular weight is 290 g/mol. The van der Waals surface area contributed by atoms with Crippen LogP contribution in [0.15, 0.2) is 4.90 Å². The maximum absolute atomic E-state index is 12.1. The summed E-state index contributed by atoms with van der Waals surface area (Å²) in [6.07, 6.45) is 0. The number of sulfonamides is 1. The van der Waals surface area contributed by atoms with E-state index in [0.29, 0.717) is 12.3 Å². The van der Waals surface area contributed by atoms with Gasteiger partial charge in [-0.25, -0.2) is 17.9 Å². The first-order chi connectivity index (χ1) is 8.81. The van der Waals surface area contributed by atoms with Gasteiger partial charge >= 0.3 is 5.97 Å². The lowest BCUT2D eigenvalue weighted by atomic mass is 10.2. The van der Waals surface area contributed by atoms with Gasteiger partial charge in [0.05, 0.1) is 6.61 Å². The van der Waals surface area contributed by atoms with Gasteiger partial charge < -0.3 is 14.8 Å². The van der Waals surface area contributed by atoms with Crippen molar-refractivity contribution in [2.75, 3.05) is 19.8 Å². The molecule has 0 atom stereocenters. The Morgan fingerprint density at radius 2 is 2.05 bits per heavy atom. The van der Waals surface area contributed by atoms with Crippen LogP contribution in [0.1, 0.15) is 28.7 Å². The summed E-state index contributed by atoms with van der Waals surface area (Å²) in [7, 11) is -3.74. The van der Waals surface area contributed by atoms with E-state index in [2.05, 4.69) is 9.71 Å². The van der Waals surface area contributed by atoms with Crippen LogP contribution in [-0.4, -0.2) is 44.2 Å².